The Balaban J connectivity index is 3.01. The second-order valence-electron chi connectivity index (χ2n) is 4.12. The molecule has 0 radical (unpaired) electrons. The number of aromatic nitrogens is 2. The highest BCUT2D eigenvalue weighted by Crippen LogP contribution is 2.13. The van der Waals surface area contributed by atoms with E-state index in [0.717, 1.165) is 0 Å². The Bertz CT molecular complexity index is 523. The lowest BCUT2D eigenvalue weighted by Crippen LogP contribution is -2.45. The monoisotopic (exact) mass is 275 g/mol. The number of carboxylic acid groups (broad SMARTS) is 1. The molecule has 2 atom stereocenters. The molecule has 1 aromatic heterocycles. The summed E-state index contributed by atoms with van der Waals surface area (Å²) in [4.78, 5) is 11.1. The first-order valence-electron chi connectivity index (χ1n) is 5.52. The zero-order chi connectivity index (χ0) is 13.9. The number of hydrogen-bond donors (Lipinski definition) is 2. The number of carbonyl (C=O) groups is 1. The summed E-state index contributed by atoms with van der Waals surface area (Å²) in [5, 5.41) is 12.7. The Morgan fingerprint density at radius 1 is 1.61 bits per heavy atom. The maximum absolute atomic E-state index is 12.0. The van der Waals surface area contributed by atoms with Crippen LogP contribution in [0, 0.1) is 5.92 Å². The maximum atomic E-state index is 12.0. The van der Waals surface area contributed by atoms with Gasteiger partial charge in [-0.3, -0.25) is 9.48 Å². The van der Waals surface area contributed by atoms with Crippen molar-refractivity contribution in [3.05, 3.63) is 12.3 Å². The molecule has 0 bridgehead atoms. The summed E-state index contributed by atoms with van der Waals surface area (Å²) in [7, 11) is -2.40. The van der Waals surface area contributed by atoms with E-state index in [4.69, 9.17) is 5.11 Å². The highest BCUT2D eigenvalue weighted by atomic mass is 32.2. The number of carboxylic acids is 1. The van der Waals surface area contributed by atoms with Crippen LogP contribution in [0.4, 0.5) is 0 Å². The van der Waals surface area contributed by atoms with Gasteiger partial charge in [-0.05, 0) is 12.0 Å². The molecule has 0 aromatic carbocycles. The van der Waals surface area contributed by atoms with Crippen LogP contribution in [0.5, 0.6) is 0 Å². The van der Waals surface area contributed by atoms with E-state index in [2.05, 4.69) is 9.82 Å². The van der Waals surface area contributed by atoms with Gasteiger partial charge in [0, 0.05) is 7.05 Å². The third kappa shape index (κ3) is 3.08. The minimum Gasteiger partial charge on any atom is -0.480 e. The van der Waals surface area contributed by atoms with E-state index in [0.29, 0.717) is 6.42 Å². The number of nitrogens with zero attached hydrogens (tertiary/aromatic N) is 2. The SMILES string of the molecule is CCC(C)[C@H](NS(=O)(=O)c1ccnn1C)C(=O)O. The van der Waals surface area contributed by atoms with E-state index in [1.165, 1.54) is 24.0 Å². The zero-order valence-electron chi connectivity index (χ0n) is 10.5. The van der Waals surface area contributed by atoms with Crippen molar-refractivity contribution in [1.29, 1.82) is 0 Å². The molecule has 0 saturated heterocycles. The van der Waals surface area contributed by atoms with Crippen LogP contribution >= 0.6 is 0 Å². The molecule has 0 amide bonds. The van der Waals surface area contributed by atoms with Crippen LogP contribution in [-0.2, 0) is 21.9 Å². The largest absolute Gasteiger partial charge is 0.480 e. The van der Waals surface area contributed by atoms with Crippen molar-refractivity contribution >= 4 is 16.0 Å². The molecule has 1 rings (SSSR count). The lowest BCUT2D eigenvalue weighted by atomic mass is 10.0. The Kier molecular flexibility index (Phi) is 4.47. The Morgan fingerprint density at radius 2 is 2.22 bits per heavy atom. The lowest BCUT2D eigenvalue weighted by Gasteiger charge is -2.19. The Labute approximate surface area is 106 Å². The van der Waals surface area contributed by atoms with E-state index in [9.17, 15) is 13.2 Å². The quantitative estimate of drug-likeness (QED) is 0.772. The molecule has 0 saturated carbocycles. The van der Waals surface area contributed by atoms with E-state index in [-0.39, 0.29) is 10.9 Å². The van der Waals surface area contributed by atoms with Crippen molar-refractivity contribution in [3.8, 4) is 0 Å². The van der Waals surface area contributed by atoms with Crippen LogP contribution in [0.2, 0.25) is 0 Å². The molecule has 0 aliphatic carbocycles. The fourth-order valence-electron chi connectivity index (χ4n) is 1.50. The molecule has 1 unspecified atom stereocenters. The first-order valence-corrected chi connectivity index (χ1v) is 7.01. The summed E-state index contributed by atoms with van der Waals surface area (Å²) < 4.78 is 27.4. The predicted molar refractivity (Wildman–Crippen MR) is 64.4 cm³/mol. The molecule has 1 aromatic rings. The van der Waals surface area contributed by atoms with Gasteiger partial charge in [0.05, 0.1) is 6.20 Å². The van der Waals surface area contributed by atoms with E-state index in [1.807, 2.05) is 0 Å². The number of aliphatic carboxylic acids is 1. The minimum absolute atomic E-state index is 0.0583. The average Bonchev–Trinajstić information content (AvgIpc) is 2.72. The van der Waals surface area contributed by atoms with Gasteiger partial charge in [-0.15, -0.1) is 0 Å². The van der Waals surface area contributed by atoms with Crippen LogP contribution in [0.25, 0.3) is 0 Å². The standard InChI is InChI=1S/C10H17N3O4S/c1-4-7(2)9(10(14)15)12-18(16,17)8-5-6-11-13(8)3/h5-7,9,12H,4H2,1-3H3,(H,14,15)/t7?,9-/m0/s1. The molecule has 102 valence electrons. The number of rotatable bonds is 6. The van der Waals surface area contributed by atoms with Gasteiger partial charge in [0.2, 0.25) is 0 Å². The summed E-state index contributed by atoms with van der Waals surface area (Å²) in [6, 6.07) is 0.174. The molecule has 18 heavy (non-hydrogen) atoms. The van der Waals surface area contributed by atoms with Crippen molar-refractivity contribution in [3.63, 3.8) is 0 Å². The third-order valence-corrected chi connectivity index (χ3v) is 4.33. The first kappa shape index (κ1) is 14.7. The van der Waals surface area contributed by atoms with Crippen LogP contribution in [0.3, 0.4) is 0 Å². The summed E-state index contributed by atoms with van der Waals surface area (Å²) in [6.45, 7) is 3.49. The van der Waals surface area contributed by atoms with Crippen molar-refractivity contribution in [1.82, 2.24) is 14.5 Å². The fraction of sp³-hybridized carbons (Fsp3) is 0.600. The summed E-state index contributed by atoms with van der Waals surface area (Å²) >= 11 is 0. The number of aryl methyl sites for hydroxylation is 1. The van der Waals surface area contributed by atoms with Gasteiger partial charge in [0.25, 0.3) is 10.0 Å². The molecule has 2 N–H and O–H groups in total. The van der Waals surface area contributed by atoms with Gasteiger partial charge in [0.15, 0.2) is 5.03 Å². The van der Waals surface area contributed by atoms with Gasteiger partial charge in [-0.25, -0.2) is 8.42 Å². The van der Waals surface area contributed by atoms with E-state index < -0.39 is 22.0 Å². The van der Waals surface area contributed by atoms with Crippen molar-refractivity contribution in [2.24, 2.45) is 13.0 Å². The van der Waals surface area contributed by atoms with Crippen LogP contribution in [0.15, 0.2) is 17.3 Å². The van der Waals surface area contributed by atoms with Crippen molar-refractivity contribution in [2.75, 3.05) is 0 Å². The topological polar surface area (TPSA) is 101 Å². The molecular weight excluding hydrogens is 258 g/mol. The van der Waals surface area contributed by atoms with Crippen LogP contribution in [-0.4, -0.2) is 35.3 Å². The highest BCUT2D eigenvalue weighted by molar-refractivity contribution is 7.89. The second kappa shape index (κ2) is 5.49. The van der Waals surface area contributed by atoms with E-state index >= 15 is 0 Å². The van der Waals surface area contributed by atoms with Crippen molar-refractivity contribution < 1.29 is 18.3 Å². The zero-order valence-corrected chi connectivity index (χ0v) is 11.3. The maximum Gasteiger partial charge on any atom is 0.322 e. The van der Waals surface area contributed by atoms with Gasteiger partial charge in [0.1, 0.15) is 6.04 Å². The highest BCUT2D eigenvalue weighted by Gasteiger charge is 2.30. The molecular formula is C10H17N3O4S. The third-order valence-electron chi connectivity index (χ3n) is 2.81. The van der Waals surface area contributed by atoms with Gasteiger partial charge >= 0.3 is 5.97 Å². The molecule has 0 fully saturated rings. The Morgan fingerprint density at radius 3 is 2.61 bits per heavy atom. The van der Waals surface area contributed by atoms with Gasteiger partial charge in [-0.2, -0.15) is 9.82 Å². The molecule has 0 aliphatic rings. The summed E-state index contributed by atoms with van der Waals surface area (Å²) in [6.07, 6.45) is 1.90. The minimum atomic E-state index is -3.88. The molecule has 0 spiro atoms. The molecule has 7 nitrogen and oxygen atoms in total. The average molecular weight is 275 g/mol. The van der Waals surface area contributed by atoms with Crippen LogP contribution < -0.4 is 4.72 Å². The normalized spacial score (nSPS) is 15.3. The smallest absolute Gasteiger partial charge is 0.322 e. The van der Waals surface area contributed by atoms with Crippen LogP contribution in [0.1, 0.15) is 20.3 Å². The Hall–Kier alpha value is -1.41. The first-order chi connectivity index (χ1) is 8.29. The number of nitrogens with one attached hydrogen (secondary N) is 1. The molecule has 8 heteroatoms. The lowest BCUT2D eigenvalue weighted by molar-refractivity contribution is -0.140. The number of sulfonamides is 1. The summed E-state index contributed by atoms with van der Waals surface area (Å²) in [5.74, 6) is -1.49. The molecule has 1 heterocycles. The van der Waals surface area contributed by atoms with Gasteiger partial charge in [-0.1, -0.05) is 20.3 Å². The molecule has 0 aliphatic heterocycles. The number of hydrogen-bond acceptors (Lipinski definition) is 4. The summed E-state index contributed by atoms with van der Waals surface area (Å²) in [5.41, 5.74) is 0. The van der Waals surface area contributed by atoms with Crippen molar-refractivity contribution in [2.45, 2.75) is 31.3 Å². The predicted octanol–water partition coefficient (Wildman–Crippen LogP) is 0.198. The second-order valence-corrected chi connectivity index (χ2v) is 5.78. The van der Waals surface area contributed by atoms with Gasteiger partial charge < -0.3 is 5.11 Å². The fourth-order valence-corrected chi connectivity index (χ4v) is 2.92. The van der Waals surface area contributed by atoms with E-state index in [1.54, 1.807) is 13.8 Å².